The fourth-order valence-corrected chi connectivity index (χ4v) is 4.56. The lowest BCUT2D eigenvalue weighted by molar-refractivity contribution is -0.122. The Bertz CT molecular complexity index is 860. The van der Waals surface area contributed by atoms with Crippen molar-refractivity contribution in [2.24, 2.45) is 0 Å². The van der Waals surface area contributed by atoms with Crippen molar-refractivity contribution in [1.82, 2.24) is 9.80 Å². The van der Waals surface area contributed by atoms with Gasteiger partial charge in [-0.25, -0.2) is 0 Å². The monoisotopic (exact) mass is 423 g/mol. The van der Waals surface area contributed by atoms with Gasteiger partial charge in [0, 0.05) is 39.3 Å². The van der Waals surface area contributed by atoms with Gasteiger partial charge in [-0.1, -0.05) is 36.4 Å². The minimum absolute atomic E-state index is 0.0253. The summed E-state index contributed by atoms with van der Waals surface area (Å²) in [7, 11) is 1.63. The summed E-state index contributed by atoms with van der Waals surface area (Å²) in [5.41, 5.74) is 2.81. The van der Waals surface area contributed by atoms with E-state index in [1.165, 1.54) is 6.42 Å². The van der Waals surface area contributed by atoms with Crippen molar-refractivity contribution in [2.45, 2.75) is 31.9 Å². The van der Waals surface area contributed by atoms with Crippen LogP contribution in [0.1, 0.15) is 30.0 Å². The Labute approximate surface area is 185 Å². The minimum atomic E-state index is -0.337. The van der Waals surface area contributed by atoms with Crippen LogP contribution in [0.3, 0.4) is 0 Å². The number of ether oxygens (including phenoxy) is 2. The molecule has 0 unspecified atom stereocenters. The fourth-order valence-electron chi connectivity index (χ4n) is 4.56. The fraction of sp³-hybridized carbons (Fsp3) is 0.480. The van der Waals surface area contributed by atoms with Gasteiger partial charge in [0.05, 0.1) is 18.9 Å². The number of aryl methyl sites for hydroxylation is 1. The Hall–Kier alpha value is -2.41. The van der Waals surface area contributed by atoms with Crippen LogP contribution in [0, 0.1) is 6.92 Å². The van der Waals surface area contributed by atoms with Crippen LogP contribution in [-0.4, -0.2) is 68.3 Å². The number of hydrogen-bond donors (Lipinski definition) is 1. The lowest BCUT2D eigenvalue weighted by Crippen LogP contribution is -2.51. The minimum Gasteiger partial charge on any atom is -0.495 e. The highest BCUT2D eigenvalue weighted by atomic mass is 16.5. The van der Waals surface area contributed by atoms with E-state index in [0.29, 0.717) is 17.5 Å². The molecule has 1 N–H and O–H groups in total. The molecule has 0 aromatic heterocycles. The zero-order valence-corrected chi connectivity index (χ0v) is 18.5. The third-order valence-corrected chi connectivity index (χ3v) is 6.23. The number of hydrogen-bond acceptors (Lipinski definition) is 5. The van der Waals surface area contributed by atoms with Gasteiger partial charge in [0.2, 0.25) is 5.91 Å². The molecule has 166 valence electrons. The molecule has 2 aliphatic heterocycles. The number of carbonyl (C=O) groups is 1. The highest BCUT2D eigenvalue weighted by Crippen LogP contribution is 2.29. The summed E-state index contributed by atoms with van der Waals surface area (Å²) in [6.07, 6.45) is 2.70. The van der Waals surface area contributed by atoms with Gasteiger partial charge in [0.1, 0.15) is 11.8 Å². The lowest BCUT2D eigenvalue weighted by atomic mass is 10.0. The number of nitrogens with one attached hydrogen (secondary N) is 1. The van der Waals surface area contributed by atoms with E-state index in [1.54, 1.807) is 7.11 Å². The second-order valence-electron chi connectivity index (χ2n) is 8.48. The normalized spacial score (nSPS) is 21.0. The summed E-state index contributed by atoms with van der Waals surface area (Å²) in [5.74, 6) is 0.648. The lowest BCUT2D eigenvalue weighted by Gasteiger charge is -2.39. The SMILES string of the molecule is COc1ccc(C)cc1NC(=O)[C@H](c1ccccc1)N1CCN(C[C@H]2CCCO2)CC1. The molecule has 4 rings (SSSR count). The maximum Gasteiger partial charge on any atom is 0.246 e. The number of piperazine rings is 1. The maximum atomic E-state index is 13.5. The average molecular weight is 424 g/mol. The molecule has 2 atom stereocenters. The van der Waals surface area contributed by atoms with Crippen LogP contribution in [0.25, 0.3) is 0 Å². The first kappa shape index (κ1) is 21.8. The molecule has 2 heterocycles. The van der Waals surface area contributed by atoms with E-state index in [4.69, 9.17) is 9.47 Å². The summed E-state index contributed by atoms with van der Waals surface area (Å²) < 4.78 is 11.3. The molecule has 6 nitrogen and oxygen atoms in total. The molecule has 1 amide bonds. The van der Waals surface area contributed by atoms with Crippen LogP contribution in [0.5, 0.6) is 5.75 Å². The molecule has 0 saturated carbocycles. The van der Waals surface area contributed by atoms with Crippen LogP contribution in [0.2, 0.25) is 0 Å². The summed E-state index contributed by atoms with van der Waals surface area (Å²) in [6, 6.07) is 15.6. The highest BCUT2D eigenvalue weighted by Gasteiger charge is 2.32. The quantitative estimate of drug-likeness (QED) is 0.739. The summed E-state index contributed by atoms with van der Waals surface area (Å²) >= 11 is 0. The molecule has 2 aromatic carbocycles. The first-order chi connectivity index (χ1) is 15.1. The van der Waals surface area contributed by atoms with Gasteiger partial charge in [0.15, 0.2) is 0 Å². The van der Waals surface area contributed by atoms with Gasteiger partial charge in [-0.15, -0.1) is 0 Å². The molecule has 0 aliphatic carbocycles. The van der Waals surface area contributed by atoms with Gasteiger partial charge < -0.3 is 14.8 Å². The Kier molecular flexibility index (Phi) is 7.22. The number of methoxy groups -OCH3 is 1. The van der Waals surface area contributed by atoms with Crippen molar-refractivity contribution < 1.29 is 14.3 Å². The van der Waals surface area contributed by atoms with Crippen molar-refractivity contribution in [2.75, 3.05) is 51.8 Å². The third-order valence-electron chi connectivity index (χ3n) is 6.23. The third kappa shape index (κ3) is 5.45. The van der Waals surface area contributed by atoms with Gasteiger partial charge in [-0.3, -0.25) is 14.6 Å². The number of nitrogens with zero attached hydrogens (tertiary/aromatic N) is 2. The molecule has 0 spiro atoms. The second kappa shape index (κ2) is 10.3. The standard InChI is InChI=1S/C25H33N3O3/c1-19-10-11-23(30-2)22(17-19)26-25(29)24(20-7-4-3-5-8-20)28-14-12-27(13-15-28)18-21-9-6-16-31-21/h3-5,7-8,10-11,17,21,24H,6,9,12-16,18H2,1-2H3,(H,26,29)/t21-,24+/m1/s1. The van der Waals surface area contributed by atoms with Crippen LogP contribution < -0.4 is 10.1 Å². The first-order valence-electron chi connectivity index (χ1n) is 11.2. The second-order valence-corrected chi connectivity index (χ2v) is 8.48. The Morgan fingerprint density at radius 3 is 2.61 bits per heavy atom. The Morgan fingerprint density at radius 1 is 1.16 bits per heavy atom. The van der Waals surface area contributed by atoms with Crippen LogP contribution in [-0.2, 0) is 9.53 Å². The number of amides is 1. The number of benzene rings is 2. The Balaban J connectivity index is 1.48. The Morgan fingerprint density at radius 2 is 1.94 bits per heavy atom. The van der Waals surface area contributed by atoms with E-state index in [0.717, 1.165) is 56.9 Å². The molecule has 6 heteroatoms. The number of carbonyl (C=O) groups excluding carboxylic acids is 1. The van der Waals surface area contributed by atoms with Crippen LogP contribution in [0.4, 0.5) is 5.69 Å². The van der Waals surface area contributed by atoms with Crippen molar-refractivity contribution in [3.8, 4) is 5.75 Å². The van der Waals surface area contributed by atoms with E-state index >= 15 is 0 Å². The van der Waals surface area contributed by atoms with E-state index in [1.807, 2.05) is 55.5 Å². The molecular weight excluding hydrogens is 390 g/mol. The zero-order valence-electron chi connectivity index (χ0n) is 18.5. The predicted octanol–water partition coefficient (Wildman–Crippen LogP) is 3.48. The highest BCUT2D eigenvalue weighted by molar-refractivity contribution is 5.96. The first-order valence-corrected chi connectivity index (χ1v) is 11.2. The van der Waals surface area contributed by atoms with Gasteiger partial charge in [-0.2, -0.15) is 0 Å². The average Bonchev–Trinajstić information content (AvgIpc) is 3.29. The number of rotatable bonds is 7. The molecule has 0 bridgehead atoms. The van der Waals surface area contributed by atoms with Crippen molar-refractivity contribution >= 4 is 11.6 Å². The van der Waals surface area contributed by atoms with E-state index < -0.39 is 0 Å². The van der Waals surface area contributed by atoms with Crippen LogP contribution in [0.15, 0.2) is 48.5 Å². The van der Waals surface area contributed by atoms with Crippen LogP contribution >= 0.6 is 0 Å². The molecule has 2 fully saturated rings. The molecule has 0 radical (unpaired) electrons. The molecule has 31 heavy (non-hydrogen) atoms. The zero-order chi connectivity index (χ0) is 21.6. The van der Waals surface area contributed by atoms with E-state index in [9.17, 15) is 4.79 Å². The maximum absolute atomic E-state index is 13.5. The largest absolute Gasteiger partial charge is 0.495 e. The van der Waals surface area contributed by atoms with Gasteiger partial charge >= 0.3 is 0 Å². The molecular formula is C25H33N3O3. The summed E-state index contributed by atoms with van der Waals surface area (Å²) in [5, 5.41) is 3.13. The molecule has 2 aromatic rings. The predicted molar refractivity (Wildman–Crippen MR) is 123 cm³/mol. The van der Waals surface area contributed by atoms with Crippen molar-refractivity contribution in [1.29, 1.82) is 0 Å². The topological polar surface area (TPSA) is 54.0 Å². The van der Waals surface area contributed by atoms with Crippen molar-refractivity contribution in [3.63, 3.8) is 0 Å². The van der Waals surface area contributed by atoms with E-state index in [2.05, 4.69) is 15.1 Å². The molecule has 2 aliphatic rings. The summed E-state index contributed by atoms with van der Waals surface area (Å²) in [4.78, 5) is 18.3. The molecule has 2 saturated heterocycles. The smallest absolute Gasteiger partial charge is 0.246 e. The number of anilines is 1. The van der Waals surface area contributed by atoms with Gasteiger partial charge in [-0.05, 0) is 43.0 Å². The van der Waals surface area contributed by atoms with Crippen molar-refractivity contribution in [3.05, 3.63) is 59.7 Å². The van der Waals surface area contributed by atoms with Gasteiger partial charge in [0.25, 0.3) is 0 Å². The van der Waals surface area contributed by atoms with E-state index in [-0.39, 0.29) is 11.9 Å². The summed E-state index contributed by atoms with van der Waals surface area (Å²) in [6.45, 7) is 7.50.